The van der Waals surface area contributed by atoms with Crippen LogP contribution in [0.2, 0.25) is 0 Å². The minimum atomic E-state index is -0.532. The Bertz CT molecular complexity index is 187. The Labute approximate surface area is 77.6 Å². The second kappa shape index (κ2) is 6.42. The molecular weight excluding hydrogens is 174 g/mol. The highest BCUT2D eigenvalue weighted by Gasteiger charge is 2.22. The molecule has 0 aromatic carbocycles. The van der Waals surface area contributed by atoms with Gasteiger partial charge in [0, 0.05) is 7.11 Å². The molecule has 0 rings (SSSR count). The number of carbonyl (C=O) groups is 1. The van der Waals surface area contributed by atoms with Gasteiger partial charge in [0.25, 0.3) is 0 Å². The maximum Gasteiger partial charge on any atom is 0.358 e. The standard InChI is InChI=1S/C8H15NO4/c1-5-6(11-2)7(9-13-4)8(10)12-3/h6H,5H2,1-4H3. The first-order chi connectivity index (χ1) is 6.21. The normalized spacial score (nSPS) is 13.7. The minimum absolute atomic E-state index is 0.148. The monoisotopic (exact) mass is 189 g/mol. The van der Waals surface area contributed by atoms with E-state index >= 15 is 0 Å². The van der Waals surface area contributed by atoms with E-state index in [2.05, 4.69) is 14.7 Å². The lowest BCUT2D eigenvalue weighted by Crippen LogP contribution is -2.31. The van der Waals surface area contributed by atoms with Crippen LogP contribution in [0.5, 0.6) is 0 Å². The molecule has 0 bridgehead atoms. The number of nitrogens with zero attached hydrogens (tertiary/aromatic N) is 1. The summed E-state index contributed by atoms with van der Waals surface area (Å²) in [6, 6.07) is 0. The van der Waals surface area contributed by atoms with E-state index < -0.39 is 5.97 Å². The number of esters is 1. The highest BCUT2D eigenvalue weighted by molar-refractivity contribution is 6.38. The third-order valence-electron chi connectivity index (χ3n) is 1.54. The van der Waals surface area contributed by atoms with E-state index in [0.29, 0.717) is 6.42 Å². The summed E-state index contributed by atoms with van der Waals surface area (Å²) < 4.78 is 9.55. The van der Waals surface area contributed by atoms with E-state index in [-0.39, 0.29) is 11.8 Å². The van der Waals surface area contributed by atoms with Crippen molar-refractivity contribution in [2.75, 3.05) is 21.3 Å². The zero-order valence-corrected chi connectivity index (χ0v) is 8.36. The van der Waals surface area contributed by atoms with E-state index in [0.717, 1.165) is 0 Å². The van der Waals surface area contributed by atoms with E-state index in [1.165, 1.54) is 21.3 Å². The van der Waals surface area contributed by atoms with Gasteiger partial charge < -0.3 is 14.3 Å². The van der Waals surface area contributed by atoms with Crippen molar-refractivity contribution >= 4 is 11.7 Å². The van der Waals surface area contributed by atoms with E-state index in [4.69, 9.17) is 4.74 Å². The predicted molar refractivity (Wildman–Crippen MR) is 47.5 cm³/mol. The number of rotatable bonds is 5. The van der Waals surface area contributed by atoms with Crippen LogP contribution in [-0.4, -0.2) is 39.1 Å². The van der Waals surface area contributed by atoms with E-state index in [9.17, 15) is 4.79 Å². The van der Waals surface area contributed by atoms with Crippen LogP contribution < -0.4 is 0 Å². The van der Waals surface area contributed by atoms with Crippen LogP contribution in [0.4, 0.5) is 0 Å². The Balaban J connectivity index is 4.58. The molecule has 0 radical (unpaired) electrons. The topological polar surface area (TPSA) is 57.1 Å². The number of ether oxygens (including phenoxy) is 2. The van der Waals surface area contributed by atoms with Crippen molar-refractivity contribution in [2.45, 2.75) is 19.4 Å². The summed E-state index contributed by atoms with van der Waals surface area (Å²) in [5, 5.41) is 3.55. The predicted octanol–water partition coefficient (Wildman–Crippen LogP) is 0.587. The highest BCUT2D eigenvalue weighted by atomic mass is 16.6. The minimum Gasteiger partial charge on any atom is -0.464 e. The van der Waals surface area contributed by atoms with Gasteiger partial charge in [0.2, 0.25) is 0 Å². The molecule has 0 amide bonds. The molecule has 1 unspecified atom stereocenters. The number of hydrogen-bond acceptors (Lipinski definition) is 5. The lowest BCUT2D eigenvalue weighted by Gasteiger charge is -2.12. The lowest BCUT2D eigenvalue weighted by molar-refractivity contribution is -0.133. The van der Waals surface area contributed by atoms with Gasteiger partial charge in [-0.25, -0.2) is 4.79 Å². The van der Waals surface area contributed by atoms with Crippen molar-refractivity contribution in [3.8, 4) is 0 Å². The SMILES string of the molecule is CCC(OC)C(=NOC)C(=O)OC. The van der Waals surface area contributed by atoms with Crippen LogP contribution in [0.1, 0.15) is 13.3 Å². The average molecular weight is 189 g/mol. The molecule has 0 saturated heterocycles. The molecule has 0 aliphatic carbocycles. The van der Waals surface area contributed by atoms with Crippen LogP contribution in [0, 0.1) is 0 Å². The fraction of sp³-hybridized carbons (Fsp3) is 0.750. The Morgan fingerprint density at radius 1 is 1.38 bits per heavy atom. The van der Waals surface area contributed by atoms with Crippen molar-refractivity contribution in [3.63, 3.8) is 0 Å². The first kappa shape index (κ1) is 11.9. The third-order valence-corrected chi connectivity index (χ3v) is 1.54. The molecule has 0 aliphatic rings. The Morgan fingerprint density at radius 2 is 2.00 bits per heavy atom. The number of oxime groups is 1. The first-order valence-electron chi connectivity index (χ1n) is 3.93. The summed E-state index contributed by atoms with van der Waals surface area (Å²) in [6.45, 7) is 1.88. The molecule has 0 heterocycles. The second-order valence-corrected chi connectivity index (χ2v) is 2.28. The molecule has 1 atom stereocenters. The van der Waals surface area contributed by atoms with Crippen LogP contribution in [0.15, 0.2) is 5.16 Å². The van der Waals surface area contributed by atoms with Gasteiger partial charge in [0.15, 0.2) is 5.71 Å². The molecule has 0 aliphatic heterocycles. The number of carbonyl (C=O) groups excluding carboxylic acids is 1. The Kier molecular flexibility index (Phi) is 5.88. The largest absolute Gasteiger partial charge is 0.464 e. The van der Waals surface area contributed by atoms with Crippen molar-refractivity contribution in [2.24, 2.45) is 5.16 Å². The quantitative estimate of drug-likeness (QED) is 0.361. The summed E-state index contributed by atoms with van der Waals surface area (Å²) >= 11 is 0. The smallest absolute Gasteiger partial charge is 0.358 e. The maximum atomic E-state index is 11.1. The molecule has 0 aromatic heterocycles. The first-order valence-corrected chi connectivity index (χ1v) is 3.93. The zero-order chi connectivity index (χ0) is 10.3. The molecule has 5 nitrogen and oxygen atoms in total. The zero-order valence-electron chi connectivity index (χ0n) is 8.36. The van der Waals surface area contributed by atoms with Crippen LogP contribution >= 0.6 is 0 Å². The fourth-order valence-corrected chi connectivity index (χ4v) is 0.902. The summed E-state index contributed by atoms with van der Waals surface area (Å²) in [5.41, 5.74) is 0.148. The second-order valence-electron chi connectivity index (χ2n) is 2.28. The maximum absolute atomic E-state index is 11.1. The summed E-state index contributed by atoms with van der Waals surface area (Å²) in [4.78, 5) is 15.7. The van der Waals surface area contributed by atoms with Crippen molar-refractivity contribution in [1.82, 2.24) is 0 Å². The van der Waals surface area contributed by atoms with Crippen LogP contribution in [0.3, 0.4) is 0 Å². The molecule has 0 fully saturated rings. The Hall–Kier alpha value is -1.10. The third kappa shape index (κ3) is 3.42. The van der Waals surface area contributed by atoms with Crippen molar-refractivity contribution < 1.29 is 19.1 Å². The molecule has 76 valence electrons. The van der Waals surface area contributed by atoms with E-state index in [1.807, 2.05) is 6.92 Å². The lowest BCUT2D eigenvalue weighted by atomic mass is 10.2. The van der Waals surface area contributed by atoms with Gasteiger partial charge in [-0.2, -0.15) is 0 Å². The van der Waals surface area contributed by atoms with Gasteiger partial charge in [0.1, 0.15) is 13.2 Å². The molecule has 0 N–H and O–H groups in total. The van der Waals surface area contributed by atoms with Gasteiger partial charge in [-0.05, 0) is 6.42 Å². The molecule has 13 heavy (non-hydrogen) atoms. The fourth-order valence-electron chi connectivity index (χ4n) is 0.902. The molecular formula is C8H15NO4. The molecule has 0 spiro atoms. The van der Waals surface area contributed by atoms with Gasteiger partial charge >= 0.3 is 5.97 Å². The van der Waals surface area contributed by atoms with Gasteiger partial charge in [-0.1, -0.05) is 12.1 Å². The summed E-state index contributed by atoms with van der Waals surface area (Å²) in [5.74, 6) is -0.532. The average Bonchev–Trinajstić information content (AvgIpc) is 2.17. The van der Waals surface area contributed by atoms with Gasteiger partial charge in [-0.3, -0.25) is 0 Å². The highest BCUT2D eigenvalue weighted by Crippen LogP contribution is 2.02. The number of methoxy groups -OCH3 is 2. The summed E-state index contributed by atoms with van der Waals surface area (Å²) in [6.07, 6.45) is 0.251. The number of hydrogen-bond donors (Lipinski definition) is 0. The van der Waals surface area contributed by atoms with Crippen LogP contribution in [0.25, 0.3) is 0 Å². The Morgan fingerprint density at radius 3 is 2.31 bits per heavy atom. The van der Waals surface area contributed by atoms with E-state index in [1.54, 1.807) is 0 Å². The summed E-state index contributed by atoms with van der Waals surface area (Å²) in [7, 11) is 4.16. The van der Waals surface area contributed by atoms with Crippen molar-refractivity contribution in [3.05, 3.63) is 0 Å². The van der Waals surface area contributed by atoms with Gasteiger partial charge in [-0.15, -0.1) is 0 Å². The molecule has 0 saturated carbocycles. The van der Waals surface area contributed by atoms with Crippen LogP contribution in [-0.2, 0) is 19.1 Å². The van der Waals surface area contributed by atoms with Crippen molar-refractivity contribution in [1.29, 1.82) is 0 Å². The molecule has 5 heteroatoms. The van der Waals surface area contributed by atoms with Gasteiger partial charge in [0.05, 0.1) is 7.11 Å². The molecule has 0 aromatic rings.